The summed E-state index contributed by atoms with van der Waals surface area (Å²) in [6.07, 6.45) is 0. The summed E-state index contributed by atoms with van der Waals surface area (Å²) >= 11 is 0. The van der Waals surface area contributed by atoms with Gasteiger partial charge in [0.05, 0.1) is 5.56 Å². The number of esters is 1. The third-order valence-corrected chi connectivity index (χ3v) is 4.30. The lowest BCUT2D eigenvalue weighted by molar-refractivity contribution is -0.131. The molecule has 3 aromatic rings. The van der Waals surface area contributed by atoms with Crippen LogP contribution in [-0.4, -0.2) is 17.8 Å². The Balaban J connectivity index is 1.59. The molecule has 6 nitrogen and oxygen atoms in total. The Bertz CT molecular complexity index is 1180. The van der Waals surface area contributed by atoms with Crippen LogP contribution in [-0.2, 0) is 11.3 Å². The van der Waals surface area contributed by atoms with Crippen LogP contribution in [0.25, 0.3) is 0 Å². The molecule has 2 amide bonds. The molecule has 0 aliphatic heterocycles. The number of carbonyl (C=O) groups excluding carboxylic acids is 3. The summed E-state index contributed by atoms with van der Waals surface area (Å²) in [4.78, 5) is 35.5. The van der Waals surface area contributed by atoms with Crippen LogP contribution >= 0.6 is 0 Å². The maximum atomic E-state index is 13.7. The van der Waals surface area contributed by atoms with E-state index < -0.39 is 34.9 Å². The van der Waals surface area contributed by atoms with Crippen molar-refractivity contribution in [3.8, 4) is 5.75 Å². The predicted molar refractivity (Wildman–Crippen MR) is 110 cm³/mol. The standard InChI is InChI=1S/C23H17F3N2O4/c1-13(29)32-17-4-2-3-15(11-17)22(30)27-12-14-5-7-16(8-6-14)28-23(31)18-9-10-19(24)21(26)20(18)25/h2-11H,12H2,1H3,(H,27,30)(H,28,31). The lowest BCUT2D eigenvalue weighted by Crippen LogP contribution is -2.22. The summed E-state index contributed by atoms with van der Waals surface area (Å²) in [5.41, 5.74) is 0.673. The smallest absolute Gasteiger partial charge is 0.308 e. The fraction of sp³-hybridized carbons (Fsp3) is 0.0870. The Morgan fingerprint density at radius 2 is 1.59 bits per heavy atom. The van der Waals surface area contributed by atoms with Crippen molar-refractivity contribution < 1.29 is 32.3 Å². The first kappa shape index (κ1) is 22.5. The number of nitrogens with one attached hydrogen (secondary N) is 2. The summed E-state index contributed by atoms with van der Waals surface area (Å²) in [5, 5.41) is 5.10. The molecule has 2 N–H and O–H groups in total. The highest BCUT2D eigenvalue weighted by Crippen LogP contribution is 2.18. The molecular formula is C23H17F3N2O4. The molecule has 0 radical (unpaired) electrons. The first-order valence-corrected chi connectivity index (χ1v) is 9.35. The van der Waals surface area contributed by atoms with Crippen molar-refractivity contribution in [3.63, 3.8) is 0 Å². The molecule has 0 saturated carbocycles. The van der Waals surface area contributed by atoms with E-state index in [0.29, 0.717) is 22.9 Å². The topological polar surface area (TPSA) is 84.5 Å². The predicted octanol–water partition coefficient (Wildman–Crippen LogP) is 4.21. The van der Waals surface area contributed by atoms with Crippen LogP contribution in [0.4, 0.5) is 18.9 Å². The molecule has 0 spiro atoms. The van der Waals surface area contributed by atoms with E-state index in [0.717, 1.165) is 6.07 Å². The van der Waals surface area contributed by atoms with Gasteiger partial charge in [0.15, 0.2) is 17.5 Å². The number of ether oxygens (including phenoxy) is 1. The third kappa shape index (κ3) is 5.51. The lowest BCUT2D eigenvalue weighted by Gasteiger charge is -2.09. The van der Waals surface area contributed by atoms with E-state index >= 15 is 0 Å². The Hall–Kier alpha value is -4.14. The summed E-state index contributed by atoms with van der Waals surface area (Å²) in [6, 6.07) is 13.9. The fourth-order valence-electron chi connectivity index (χ4n) is 2.76. The number of halogens is 3. The molecule has 0 fully saturated rings. The molecule has 0 unspecified atom stereocenters. The molecule has 0 aliphatic rings. The van der Waals surface area contributed by atoms with Gasteiger partial charge in [-0.3, -0.25) is 14.4 Å². The zero-order chi connectivity index (χ0) is 23.3. The Morgan fingerprint density at radius 1 is 0.875 bits per heavy atom. The van der Waals surface area contributed by atoms with Crippen LogP contribution in [0.2, 0.25) is 0 Å². The molecule has 0 atom stereocenters. The Kier molecular flexibility index (Phi) is 6.89. The van der Waals surface area contributed by atoms with E-state index in [4.69, 9.17) is 4.74 Å². The van der Waals surface area contributed by atoms with Gasteiger partial charge >= 0.3 is 5.97 Å². The van der Waals surface area contributed by atoms with E-state index in [1.807, 2.05) is 0 Å². The van der Waals surface area contributed by atoms with E-state index in [1.54, 1.807) is 30.3 Å². The van der Waals surface area contributed by atoms with E-state index in [-0.39, 0.29) is 18.2 Å². The van der Waals surface area contributed by atoms with Crippen molar-refractivity contribution in [2.24, 2.45) is 0 Å². The first-order chi connectivity index (χ1) is 15.2. The van der Waals surface area contributed by atoms with Crippen LogP contribution in [0.1, 0.15) is 33.2 Å². The van der Waals surface area contributed by atoms with Crippen LogP contribution in [0.3, 0.4) is 0 Å². The summed E-state index contributed by atoms with van der Waals surface area (Å²) in [7, 11) is 0. The molecule has 3 aromatic carbocycles. The highest BCUT2D eigenvalue weighted by molar-refractivity contribution is 6.04. The normalized spacial score (nSPS) is 10.4. The molecule has 0 saturated heterocycles. The van der Waals surface area contributed by atoms with Crippen LogP contribution in [0, 0.1) is 17.5 Å². The van der Waals surface area contributed by atoms with Gasteiger partial charge in [0.1, 0.15) is 5.75 Å². The minimum Gasteiger partial charge on any atom is -0.427 e. The Labute approximate surface area is 181 Å². The van der Waals surface area contributed by atoms with Crippen molar-refractivity contribution in [3.05, 3.63) is 94.8 Å². The van der Waals surface area contributed by atoms with Gasteiger partial charge in [-0.25, -0.2) is 13.2 Å². The minimum absolute atomic E-state index is 0.169. The third-order valence-electron chi connectivity index (χ3n) is 4.30. The SMILES string of the molecule is CC(=O)Oc1cccc(C(=O)NCc2ccc(NC(=O)c3ccc(F)c(F)c3F)cc2)c1. The zero-order valence-corrected chi connectivity index (χ0v) is 16.7. The van der Waals surface area contributed by atoms with Crippen molar-refractivity contribution in [2.75, 3.05) is 5.32 Å². The lowest BCUT2D eigenvalue weighted by atomic mass is 10.1. The molecule has 3 rings (SSSR count). The number of anilines is 1. The van der Waals surface area contributed by atoms with Gasteiger partial charge in [-0.2, -0.15) is 0 Å². The number of amides is 2. The average Bonchev–Trinajstić information content (AvgIpc) is 2.76. The number of benzene rings is 3. The van der Waals surface area contributed by atoms with Crippen LogP contribution in [0.15, 0.2) is 60.7 Å². The van der Waals surface area contributed by atoms with Crippen molar-refractivity contribution in [1.29, 1.82) is 0 Å². The van der Waals surface area contributed by atoms with Crippen LogP contribution in [0.5, 0.6) is 5.75 Å². The summed E-state index contributed by atoms with van der Waals surface area (Å²) < 4.78 is 45.0. The quantitative estimate of drug-likeness (QED) is 0.340. The summed E-state index contributed by atoms with van der Waals surface area (Å²) in [5.74, 6) is -6.24. The van der Waals surface area contributed by atoms with Gasteiger partial charge in [0.25, 0.3) is 11.8 Å². The van der Waals surface area contributed by atoms with Gasteiger partial charge in [-0.15, -0.1) is 0 Å². The number of hydrogen-bond donors (Lipinski definition) is 2. The van der Waals surface area contributed by atoms with Gasteiger partial charge in [0, 0.05) is 24.7 Å². The number of rotatable bonds is 6. The molecule has 164 valence electrons. The highest BCUT2D eigenvalue weighted by Gasteiger charge is 2.18. The zero-order valence-electron chi connectivity index (χ0n) is 16.7. The molecule has 0 aliphatic carbocycles. The van der Waals surface area contributed by atoms with E-state index in [9.17, 15) is 27.6 Å². The maximum Gasteiger partial charge on any atom is 0.308 e. The van der Waals surface area contributed by atoms with E-state index in [1.165, 1.54) is 25.1 Å². The van der Waals surface area contributed by atoms with Crippen molar-refractivity contribution >= 4 is 23.5 Å². The Morgan fingerprint density at radius 3 is 2.28 bits per heavy atom. The second-order valence-electron chi connectivity index (χ2n) is 6.68. The molecular weight excluding hydrogens is 425 g/mol. The number of carbonyl (C=O) groups is 3. The second-order valence-corrected chi connectivity index (χ2v) is 6.68. The van der Waals surface area contributed by atoms with Gasteiger partial charge in [-0.05, 0) is 48.0 Å². The van der Waals surface area contributed by atoms with Gasteiger partial charge in [-0.1, -0.05) is 18.2 Å². The fourth-order valence-corrected chi connectivity index (χ4v) is 2.76. The second kappa shape index (κ2) is 9.78. The van der Waals surface area contributed by atoms with Gasteiger partial charge < -0.3 is 15.4 Å². The summed E-state index contributed by atoms with van der Waals surface area (Å²) in [6.45, 7) is 1.43. The van der Waals surface area contributed by atoms with Crippen molar-refractivity contribution in [1.82, 2.24) is 5.32 Å². The first-order valence-electron chi connectivity index (χ1n) is 9.35. The molecule has 0 heterocycles. The number of hydrogen-bond acceptors (Lipinski definition) is 4. The molecule has 0 bridgehead atoms. The molecule has 9 heteroatoms. The largest absolute Gasteiger partial charge is 0.427 e. The minimum atomic E-state index is -1.72. The maximum absolute atomic E-state index is 13.7. The van der Waals surface area contributed by atoms with Gasteiger partial charge in [0.2, 0.25) is 0 Å². The monoisotopic (exact) mass is 442 g/mol. The molecule has 32 heavy (non-hydrogen) atoms. The van der Waals surface area contributed by atoms with Crippen molar-refractivity contribution in [2.45, 2.75) is 13.5 Å². The molecule has 0 aromatic heterocycles. The highest BCUT2D eigenvalue weighted by atomic mass is 19.2. The average molecular weight is 442 g/mol. The van der Waals surface area contributed by atoms with Crippen LogP contribution < -0.4 is 15.4 Å². The van der Waals surface area contributed by atoms with E-state index in [2.05, 4.69) is 10.6 Å².